The van der Waals surface area contributed by atoms with Crippen LogP contribution in [0, 0.1) is 0 Å². The number of halogens is 1. The van der Waals surface area contributed by atoms with E-state index in [-0.39, 0.29) is 14.0 Å². The van der Waals surface area contributed by atoms with E-state index >= 15 is 0 Å². The standard InChI is InChI=1S/C3H5ClN2O3S.CH4/c1-2-3-5-6-9-10(4,7)8;/h2H,1,3H2;1H4. The van der Waals surface area contributed by atoms with Crippen LogP contribution in [-0.2, 0) is 13.6 Å². The maximum atomic E-state index is 9.96. The second kappa shape index (κ2) is 6.11. The minimum Gasteiger partial charge on any atom is -0.236 e. The van der Waals surface area contributed by atoms with E-state index in [1.54, 1.807) is 0 Å². The molecule has 0 heterocycles. The fourth-order valence-corrected chi connectivity index (χ4v) is 0.357. The van der Waals surface area contributed by atoms with Gasteiger partial charge in [0.1, 0.15) is 0 Å². The minimum atomic E-state index is -4.03. The molecule has 0 aliphatic carbocycles. The van der Waals surface area contributed by atoms with Gasteiger partial charge in [-0.25, -0.2) is 4.28 Å². The van der Waals surface area contributed by atoms with Gasteiger partial charge in [-0.15, -0.1) is 11.7 Å². The van der Waals surface area contributed by atoms with Gasteiger partial charge in [-0.1, -0.05) is 13.5 Å². The van der Waals surface area contributed by atoms with Gasteiger partial charge < -0.3 is 0 Å². The summed E-state index contributed by atoms with van der Waals surface area (Å²) >= 11 is 0. The molecule has 0 amide bonds. The van der Waals surface area contributed by atoms with Crippen molar-refractivity contribution in [2.24, 2.45) is 10.4 Å². The van der Waals surface area contributed by atoms with Crippen LogP contribution in [0.1, 0.15) is 7.43 Å². The lowest BCUT2D eigenvalue weighted by Gasteiger charge is -1.85. The first-order chi connectivity index (χ1) is 4.56. The molecule has 66 valence electrons. The summed E-state index contributed by atoms with van der Waals surface area (Å²) in [6.07, 6.45) is 1.42. The Labute approximate surface area is 70.3 Å². The normalized spacial score (nSPS) is 10.6. The molecule has 0 N–H and O–H groups in total. The molecule has 0 fully saturated rings. The Morgan fingerprint density at radius 1 is 1.64 bits per heavy atom. The summed E-state index contributed by atoms with van der Waals surface area (Å²) in [5, 5.41) is 5.96. The molecule has 5 nitrogen and oxygen atoms in total. The van der Waals surface area contributed by atoms with Crippen LogP contribution in [-0.4, -0.2) is 15.0 Å². The maximum Gasteiger partial charge on any atom is 0.421 e. The van der Waals surface area contributed by atoms with Crippen LogP contribution in [0.25, 0.3) is 0 Å². The van der Waals surface area contributed by atoms with Gasteiger partial charge in [-0.2, -0.15) is 8.42 Å². The lowest BCUT2D eigenvalue weighted by Crippen LogP contribution is -1.88. The Morgan fingerprint density at radius 3 is 2.55 bits per heavy atom. The minimum absolute atomic E-state index is 0. The highest BCUT2D eigenvalue weighted by molar-refractivity contribution is 8.09. The smallest absolute Gasteiger partial charge is 0.236 e. The van der Waals surface area contributed by atoms with E-state index in [1.807, 2.05) is 0 Å². The van der Waals surface area contributed by atoms with Gasteiger partial charge in [-0.05, 0) is 0 Å². The fraction of sp³-hybridized carbons (Fsp3) is 0.500. The van der Waals surface area contributed by atoms with Gasteiger partial charge in [0.25, 0.3) is 0 Å². The summed E-state index contributed by atoms with van der Waals surface area (Å²) in [6, 6.07) is 0. The predicted molar refractivity (Wildman–Crippen MR) is 42.5 cm³/mol. The highest BCUT2D eigenvalue weighted by atomic mass is 35.7. The van der Waals surface area contributed by atoms with Crippen molar-refractivity contribution in [1.29, 1.82) is 0 Å². The molecule has 0 aliphatic rings. The van der Waals surface area contributed by atoms with Crippen LogP contribution in [0.15, 0.2) is 23.0 Å². The highest BCUT2D eigenvalue weighted by Crippen LogP contribution is 1.98. The first-order valence-corrected chi connectivity index (χ1v) is 4.40. The summed E-state index contributed by atoms with van der Waals surface area (Å²) in [7, 11) is 0.555. The van der Waals surface area contributed by atoms with Gasteiger partial charge in [0, 0.05) is 5.28 Å². The Balaban J connectivity index is 0. The second-order valence-corrected chi connectivity index (χ2v) is 3.23. The van der Waals surface area contributed by atoms with E-state index in [0.29, 0.717) is 0 Å². The van der Waals surface area contributed by atoms with Crippen molar-refractivity contribution in [2.75, 3.05) is 6.54 Å². The van der Waals surface area contributed by atoms with E-state index < -0.39 is 9.33 Å². The molecule has 0 radical (unpaired) electrons. The first-order valence-electron chi connectivity index (χ1n) is 2.17. The quantitative estimate of drug-likeness (QED) is 0.300. The molecule has 0 saturated carbocycles. The number of hydrogen-bond acceptors (Lipinski definition) is 5. The monoisotopic (exact) mass is 200 g/mol. The van der Waals surface area contributed by atoms with Crippen LogP contribution in [0.2, 0.25) is 0 Å². The number of hydrogen-bond donors (Lipinski definition) is 0. The van der Waals surface area contributed by atoms with Crippen LogP contribution in [0.3, 0.4) is 0 Å². The molecule has 0 aliphatic heterocycles. The van der Waals surface area contributed by atoms with Crippen molar-refractivity contribution in [3.8, 4) is 0 Å². The van der Waals surface area contributed by atoms with E-state index in [4.69, 9.17) is 0 Å². The zero-order chi connectivity index (χ0) is 8.04. The van der Waals surface area contributed by atoms with Crippen LogP contribution in [0.4, 0.5) is 0 Å². The molecule has 7 heteroatoms. The third-order valence-corrected chi connectivity index (χ3v) is 0.805. The Morgan fingerprint density at radius 2 is 2.18 bits per heavy atom. The van der Waals surface area contributed by atoms with E-state index in [9.17, 15) is 8.42 Å². The summed E-state index contributed by atoms with van der Waals surface area (Å²) in [5.41, 5.74) is 0. The maximum absolute atomic E-state index is 9.96. The van der Waals surface area contributed by atoms with Crippen LogP contribution >= 0.6 is 10.7 Å². The molecule has 0 bridgehead atoms. The third kappa shape index (κ3) is 12.6. The van der Waals surface area contributed by atoms with Crippen LogP contribution < -0.4 is 0 Å². The topological polar surface area (TPSA) is 68.1 Å². The number of rotatable bonds is 4. The van der Waals surface area contributed by atoms with E-state index in [2.05, 4.69) is 31.9 Å². The van der Waals surface area contributed by atoms with Gasteiger partial charge in [0.2, 0.25) is 0 Å². The largest absolute Gasteiger partial charge is 0.421 e. The molecule has 0 atom stereocenters. The zero-order valence-electron chi connectivity index (χ0n) is 4.90. The van der Waals surface area contributed by atoms with Gasteiger partial charge in [-0.3, -0.25) is 0 Å². The third-order valence-electron chi connectivity index (χ3n) is 0.391. The van der Waals surface area contributed by atoms with Gasteiger partial charge in [0.15, 0.2) is 0 Å². The predicted octanol–water partition coefficient (Wildman–Crippen LogP) is 1.68. The molecule has 0 aromatic heterocycles. The van der Waals surface area contributed by atoms with Crippen molar-refractivity contribution < 1.29 is 12.7 Å². The van der Waals surface area contributed by atoms with Crippen molar-refractivity contribution in [3.05, 3.63) is 12.7 Å². The Hall–Kier alpha value is -0.620. The van der Waals surface area contributed by atoms with E-state index in [0.717, 1.165) is 0 Å². The van der Waals surface area contributed by atoms with Crippen molar-refractivity contribution in [3.63, 3.8) is 0 Å². The molecule has 11 heavy (non-hydrogen) atoms. The summed E-state index contributed by atoms with van der Waals surface area (Å²) in [6.45, 7) is 3.49. The molecular formula is C4H9ClN2O3S. The van der Waals surface area contributed by atoms with Gasteiger partial charge >= 0.3 is 9.33 Å². The van der Waals surface area contributed by atoms with Crippen molar-refractivity contribution >= 4 is 20.0 Å². The lowest BCUT2D eigenvalue weighted by atomic mass is 10.7. The summed E-state index contributed by atoms with van der Waals surface area (Å²) in [5.74, 6) is 0. The summed E-state index contributed by atoms with van der Waals surface area (Å²) in [4.78, 5) is 0. The average molecular weight is 201 g/mol. The molecule has 0 aromatic rings. The highest BCUT2D eigenvalue weighted by Gasteiger charge is 2.01. The SMILES string of the molecule is C.C=CCN=NOS(=O)(=O)Cl. The fourth-order valence-electron chi connectivity index (χ4n) is 0.154. The molecule has 0 aromatic carbocycles. The van der Waals surface area contributed by atoms with Crippen LogP contribution in [0.5, 0.6) is 0 Å². The first kappa shape index (κ1) is 13.0. The molecule has 0 saturated heterocycles. The van der Waals surface area contributed by atoms with Crippen molar-refractivity contribution in [2.45, 2.75) is 7.43 Å². The number of nitrogens with zero attached hydrogens (tertiary/aromatic N) is 2. The molecule has 0 spiro atoms. The van der Waals surface area contributed by atoms with Crippen molar-refractivity contribution in [1.82, 2.24) is 0 Å². The van der Waals surface area contributed by atoms with E-state index in [1.165, 1.54) is 6.08 Å². The Kier molecular flexibility index (Phi) is 7.23. The molecular weight excluding hydrogens is 192 g/mol. The molecule has 0 rings (SSSR count). The Bertz CT molecular complexity index is 223. The average Bonchev–Trinajstić information content (AvgIpc) is 1.78. The van der Waals surface area contributed by atoms with Gasteiger partial charge in [0.05, 0.1) is 17.2 Å². The zero-order valence-corrected chi connectivity index (χ0v) is 6.47. The second-order valence-electron chi connectivity index (χ2n) is 1.16. The summed E-state index contributed by atoms with van der Waals surface area (Å²) < 4.78 is 23.6. The lowest BCUT2D eigenvalue weighted by molar-refractivity contribution is 0.319. The molecule has 0 unspecified atom stereocenters.